The van der Waals surface area contributed by atoms with E-state index in [-0.39, 0.29) is 11.7 Å². The van der Waals surface area contributed by atoms with Gasteiger partial charge in [-0.2, -0.15) is 4.31 Å². The van der Waals surface area contributed by atoms with E-state index in [1.807, 2.05) is 10.8 Å². The molecule has 0 spiro atoms. The Morgan fingerprint density at radius 3 is 2.94 bits per heavy atom. The lowest BCUT2D eigenvalue weighted by Crippen LogP contribution is -2.36. The minimum atomic E-state index is -3.19. The third kappa shape index (κ3) is 2.73. The van der Waals surface area contributed by atoms with Crippen molar-refractivity contribution in [2.45, 2.75) is 20.0 Å². The molecule has 1 aliphatic rings. The summed E-state index contributed by atoms with van der Waals surface area (Å²) >= 11 is 0. The van der Waals surface area contributed by atoms with Gasteiger partial charge in [-0.25, -0.2) is 13.4 Å². The van der Waals surface area contributed by atoms with E-state index in [0.717, 1.165) is 12.4 Å². The van der Waals surface area contributed by atoms with E-state index in [4.69, 9.17) is 4.74 Å². The summed E-state index contributed by atoms with van der Waals surface area (Å²) in [5, 5.41) is 0. The minimum Gasteiger partial charge on any atom is -0.384 e. The smallest absolute Gasteiger partial charge is 0.214 e. The van der Waals surface area contributed by atoms with Crippen molar-refractivity contribution in [1.29, 1.82) is 0 Å². The fourth-order valence-electron chi connectivity index (χ4n) is 2.24. The summed E-state index contributed by atoms with van der Waals surface area (Å²) in [6, 6.07) is 0. The van der Waals surface area contributed by atoms with Gasteiger partial charge in [0.25, 0.3) is 0 Å². The van der Waals surface area contributed by atoms with E-state index in [9.17, 15) is 8.42 Å². The number of ether oxygens (including phenoxy) is 1. The fourth-order valence-corrected chi connectivity index (χ4v) is 3.35. The van der Waals surface area contributed by atoms with Gasteiger partial charge in [0.1, 0.15) is 5.82 Å². The van der Waals surface area contributed by atoms with Gasteiger partial charge >= 0.3 is 0 Å². The molecular weight excluding hydrogens is 254 g/mol. The molecule has 1 aromatic rings. The first-order chi connectivity index (χ1) is 8.56. The molecule has 1 aromatic heterocycles. The Labute approximate surface area is 108 Å². The molecule has 1 unspecified atom stereocenters. The van der Waals surface area contributed by atoms with Crippen LogP contribution in [0, 0.1) is 5.92 Å². The number of nitrogens with zero attached hydrogens (tertiary/aromatic N) is 3. The lowest BCUT2D eigenvalue weighted by molar-refractivity contribution is 0.135. The Morgan fingerprint density at radius 1 is 1.50 bits per heavy atom. The summed E-state index contributed by atoms with van der Waals surface area (Å²) < 4.78 is 32.8. The first kappa shape index (κ1) is 13.5. The Morgan fingerprint density at radius 2 is 2.28 bits per heavy atom. The molecule has 0 radical (unpaired) electrons. The van der Waals surface area contributed by atoms with Crippen LogP contribution in [0.4, 0.5) is 0 Å². The number of sulfonamides is 1. The molecule has 18 heavy (non-hydrogen) atoms. The van der Waals surface area contributed by atoms with Gasteiger partial charge < -0.3 is 9.30 Å². The predicted octanol–water partition coefficient (Wildman–Crippen LogP) is 0.311. The second kappa shape index (κ2) is 5.38. The molecule has 1 atom stereocenters. The Balaban J connectivity index is 2.28. The monoisotopic (exact) mass is 273 g/mol. The maximum Gasteiger partial charge on any atom is 0.214 e. The summed E-state index contributed by atoms with van der Waals surface area (Å²) in [6.45, 7) is 3.81. The largest absolute Gasteiger partial charge is 0.384 e. The maximum atomic E-state index is 12.0. The molecule has 0 N–H and O–H groups in total. The highest BCUT2D eigenvalue weighted by Crippen LogP contribution is 2.18. The van der Waals surface area contributed by atoms with Crippen molar-refractivity contribution >= 4 is 10.0 Å². The third-order valence-corrected chi connectivity index (χ3v) is 4.99. The molecule has 0 saturated carbocycles. The average Bonchev–Trinajstić information content (AvgIpc) is 2.68. The third-order valence-electron chi connectivity index (χ3n) is 3.20. The molecule has 7 heteroatoms. The molecule has 2 rings (SSSR count). The van der Waals surface area contributed by atoms with E-state index in [1.54, 1.807) is 20.2 Å². The van der Waals surface area contributed by atoms with Crippen LogP contribution in [0.3, 0.4) is 0 Å². The van der Waals surface area contributed by atoms with Crippen molar-refractivity contribution in [3.05, 3.63) is 18.2 Å². The lowest BCUT2D eigenvalue weighted by Gasteiger charge is -2.22. The van der Waals surface area contributed by atoms with Crippen LogP contribution >= 0.6 is 0 Å². The summed E-state index contributed by atoms with van der Waals surface area (Å²) in [5.41, 5.74) is 0. The molecule has 102 valence electrons. The number of hydrogen-bond donors (Lipinski definition) is 0. The predicted molar refractivity (Wildman–Crippen MR) is 67.5 cm³/mol. The van der Waals surface area contributed by atoms with Crippen LogP contribution in [0.5, 0.6) is 0 Å². The van der Waals surface area contributed by atoms with Crippen LogP contribution in [0.25, 0.3) is 0 Å². The molecule has 0 fully saturated rings. The van der Waals surface area contributed by atoms with Crippen molar-refractivity contribution in [3.63, 3.8) is 0 Å². The molecular formula is C11H19N3O3S. The SMILES string of the molecule is CCS(=O)(=O)N1Cc2nccn2CC(COC)C1. The van der Waals surface area contributed by atoms with Gasteiger partial charge in [-0.3, -0.25) is 0 Å². The molecule has 0 aromatic carbocycles. The quantitative estimate of drug-likeness (QED) is 0.792. The summed E-state index contributed by atoms with van der Waals surface area (Å²) in [7, 11) is -1.55. The van der Waals surface area contributed by atoms with E-state index in [0.29, 0.717) is 19.7 Å². The fraction of sp³-hybridized carbons (Fsp3) is 0.727. The van der Waals surface area contributed by atoms with E-state index in [2.05, 4.69) is 4.98 Å². The van der Waals surface area contributed by atoms with Gasteiger partial charge in [0.05, 0.1) is 18.9 Å². The van der Waals surface area contributed by atoms with Crippen LogP contribution < -0.4 is 0 Å². The van der Waals surface area contributed by atoms with Crippen LogP contribution in [-0.4, -0.2) is 48.3 Å². The highest BCUT2D eigenvalue weighted by atomic mass is 32.2. The molecule has 1 aliphatic heterocycles. The highest BCUT2D eigenvalue weighted by Gasteiger charge is 2.29. The maximum absolute atomic E-state index is 12.0. The number of imidazole rings is 1. The van der Waals surface area contributed by atoms with Gasteiger partial charge in [0.2, 0.25) is 10.0 Å². The number of fused-ring (bicyclic) bond motifs is 1. The zero-order chi connectivity index (χ0) is 13.2. The second-order valence-electron chi connectivity index (χ2n) is 4.51. The first-order valence-corrected chi connectivity index (χ1v) is 7.64. The minimum absolute atomic E-state index is 0.118. The van der Waals surface area contributed by atoms with Crippen molar-refractivity contribution in [1.82, 2.24) is 13.9 Å². The van der Waals surface area contributed by atoms with Gasteiger partial charge in [-0.1, -0.05) is 0 Å². The normalized spacial score (nSPS) is 21.6. The molecule has 6 nitrogen and oxygen atoms in total. The standard InChI is InChI=1S/C11H19N3O3S/c1-3-18(15,16)14-7-10(9-17-2)6-13-5-4-12-11(13)8-14/h4-5,10H,3,6-9H2,1-2H3. The van der Waals surface area contributed by atoms with Crippen LogP contribution in [0.15, 0.2) is 12.4 Å². The Bertz CT molecular complexity index is 497. The summed E-state index contributed by atoms with van der Waals surface area (Å²) in [4.78, 5) is 4.23. The molecule has 0 amide bonds. The van der Waals surface area contributed by atoms with Crippen molar-refractivity contribution in [2.75, 3.05) is 26.0 Å². The Hall–Kier alpha value is -0.920. The van der Waals surface area contributed by atoms with Gasteiger partial charge in [0, 0.05) is 38.5 Å². The number of aromatic nitrogens is 2. The van der Waals surface area contributed by atoms with Crippen molar-refractivity contribution in [3.8, 4) is 0 Å². The van der Waals surface area contributed by atoms with Crippen molar-refractivity contribution in [2.24, 2.45) is 5.92 Å². The molecule has 0 bridgehead atoms. The topological polar surface area (TPSA) is 64.4 Å². The van der Waals surface area contributed by atoms with E-state index in [1.165, 1.54) is 4.31 Å². The van der Waals surface area contributed by atoms with Gasteiger partial charge in [0.15, 0.2) is 0 Å². The lowest BCUT2D eigenvalue weighted by atomic mass is 10.1. The molecule has 0 aliphatic carbocycles. The van der Waals surface area contributed by atoms with Crippen LogP contribution in [0.2, 0.25) is 0 Å². The van der Waals surface area contributed by atoms with E-state index >= 15 is 0 Å². The van der Waals surface area contributed by atoms with Crippen LogP contribution in [0.1, 0.15) is 12.7 Å². The number of rotatable bonds is 4. The number of methoxy groups -OCH3 is 1. The number of hydrogen-bond acceptors (Lipinski definition) is 4. The molecule has 0 saturated heterocycles. The second-order valence-corrected chi connectivity index (χ2v) is 6.77. The summed E-state index contributed by atoms with van der Waals surface area (Å²) in [6.07, 6.45) is 3.60. The van der Waals surface area contributed by atoms with Crippen LogP contribution in [-0.2, 0) is 27.8 Å². The van der Waals surface area contributed by atoms with Crippen molar-refractivity contribution < 1.29 is 13.2 Å². The Kier molecular flexibility index (Phi) is 4.04. The van der Waals surface area contributed by atoms with Gasteiger partial charge in [-0.05, 0) is 6.92 Å². The zero-order valence-corrected chi connectivity index (χ0v) is 11.6. The van der Waals surface area contributed by atoms with Gasteiger partial charge in [-0.15, -0.1) is 0 Å². The summed E-state index contributed by atoms with van der Waals surface area (Å²) in [5.74, 6) is 1.07. The highest BCUT2D eigenvalue weighted by molar-refractivity contribution is 7.89. The molecule has 2 heterocycles. The van der Waals surface area contributed by atoms with E-state index < -0.39 is 10.0 Å². The average molecular weight is 273 g/mol. The zero-order valence-electron chi connectivity index (χ0n) is 10.7. The first-order valence-electron chi connectivity index (χ1n) is 6.03.